The van der Waals surface area contributed by atoms with Gasteiger partial charge < -0.3 is 99.8 Å². The lowest BCUT2D eigenvalue weighted by Gasteiger charge is -2.46. The lowest BCUT2D eigenvalue weighted by atomic mass is 9.96. The predicted octanol–water partition coefficient (Wildman–Crippen LogP) is -8.92. The van der Waals surface area contributed by atoms with Gasteiger partial charge in [-0.25, -0.2) is 0 Å². The molecule has 0 bridgehead atoms. The van der Waals surface area contributed by atoms with Gasteiger partial charge in [0.05, 0.1) is 39.1 Å². The number of ether oxygens (including phenoxy) is 7. The molecule has 274 valence electrons. The third-order valence-electron chi connectivity index (χ3n) is 8.50. The molecule has 21 heteroatoms. The molecule has 47 heavy (non-hydrogen) atoms. The molecular formula is C26H45NO20. The van der Waals surface area contributed by atoms with Crippen LogP contribution in [-0.2, 0) is 38.0 Å². The molecule has 4 saturated heterocycles. The van der Waals surface area contributed by atoms with E-state index in [9.17, 15) is 66.1 Å². The van der Waals surface area contributed by atoms with Crippen LogP contribution < -0.4 is 5.32 Å². The van der Waals surface area contributed by atoms with E-state index in [4.69, 9.17) is 33.2 Å². The maximum Gasteiger partial charge on any atom is 0.217 e. The zero-order chi connectivity index (χ0) is 34.7. The van der Waals surface area contributed by atoms with E-state index < -0.39 is 149 Å². The summed E-state index contributed by atoms with van der Waals surface area (Å²) in [6.07, 6.45) is -29.6. The molecule has 21 nitrogen and oxygen atoms in total. The fourth-order valence-electron chi connectivity index (χ4n) is 5.68. The van der Waals surface area contributed by atoms with Gasteiger partial charge in [0, 0.05) is 6.92 Å². The summed E-state index contributed by atoms with van der Waals surface area (Å²) in [6.45, 7) is -1.64. The van der Waals surface area contributed by atoms with Crippen molar-refractivity contribution in [1.82, 2.24) is 5.32 Å². The Morgan fingerprint density at radius 3 is 1.49 bits per heavy atom. The maximum atomic E-state index is 11.5. The normalized spacial score (nSPS) is 49.4. The van der Waals surface area contributed by atoms with Crippen LogP contribution in [0.4, 0.5) is 0 Å². The van der Waals surface area contributed by atoms with Crippen molar-refractivity contribution in [2.24, 2.45) is 0 Å². The van der Waals surface area contributed by atoms with Crippen molar-refractivity contribution in [3.63, 3.8) is 0 Å². The van der Waals surface area contributed by atoms with Crippen LogP contribution in [0.25, 0.3) is 0 Å². The van der Waals surface area contributed by atoms with Gasteiger partial charge in [0.2, 0.25) is 5.91 Å². The molecule has 4 aliphatic rings. The molecule has 0 aliphatic carbocycles. The average Bonchev–Trinajstić information content (AvgIpc) is 3.04. The van der Waals surface area contributed by atoms with E-state index in [0.29, 0.717) is 0 Å². The van der Waals surface area contributed by atoms with Crippen molar-refractivity contribution in [2.45, 2.75) is 123 Å². The quantitative estimate of drug-likeness (QED) is 0.0956. The van der Waals surface area contributed by atoms with Gasteiger partial charge in [-0.15, -0.1) is 0 Å². The molecule has 8 unspecified atom stereocenters. The first-order valence-electron chi connectivity index (χ1n) is 15.0. The van der Waals surface area contributed by atoms with Crippen LogP contribution in [0.2, 0.25) is 0 Å². The Balaban J connectivity index is 1.38. The molecule has 19 atom stereocenters. The van der Waals surface area contributed by atoms with Crippen LogP contribution in [-0.4, -0.2) is 217 Å². The summed E-state index contributed by atoms with van der Waals surface area (Å²) in [5, 5.41) is 125. The summed E-state index contributed by atoms with van der Waals surface area (Å²) in [5.41, 5.74) is 0. The monoisotopic (exact) mass is 691 g/mol. The summed E-state index contributed by atoms with van der Waals surface area (Å²) in [6, 6.07) is -0.958. The number of rotatable bonds is 11. The molecule has 0 saturated carbocycles. The first-order valence-corrected chi connectivity index (χ1v) is 15.0. The Morgan fingerprint density at radius 2 is 1.02 bits per heavy atom. The van der Waals surface area contributed by atoms with E-state index in [1.54, 1.807) is 0 Å². The summed E-state index contributed by atoms with van der Waals surface area (Å²) in [5.74, 6) is -0.490. The van der Waals surface area contributed by atoms with Gasteiger partial charge in [-0.1, -0.05) is 0 Å². The number of nitrogens with one attached hydrogen (secondary N) is 1. The van der Waals surface area contributed by atoms with Crippen LogP contribution >= 0.6 is 0 Å². The SMILES string of the molecule is CC(=O)N[C@@H]1COC(CO)[C@@H](O[C@@H]2OC(CO[C@H]3OC(CO[C@H]4OC(CO)[C@@H](O)[C@H](O)C4O)[C@@H](O)[C@H](O)C3O)[C@@H](O)[C@H](O)C2O)C1O. The van der Waals surface area contributed by atoms with Crippen molar-refractivity contribution >= 4 is 5.91 Å². The molecule has 4 rings (SSSR count). The number of hydrogen-bond acceptors (Lipinski definition) is 20. The van der Waals surface area contributed by atoms with Crippen molar-refractivity contribution < 1.29 is 99.2 Å². The molecule has 0 radical (unpaired) electrons. The van der Waals surface area contributed by atoms with E-state index in [1.807, 2.05) is 0 Å². The number of aliphatic hydroxyl groups excluding tert-OH is 12. The predicted molar refractivity (Wildman–Crippen MR) is 144 cm³/mol. The Morgan fingerprint density at radius 1 is 0.596 bits per heavy atom. The fourth-order valence-corrected chi connectivity index (χ4v) is 5.68. The van der Waals surface area contributed by atoms with Gasteiger partial charge in [-0.2, -0.15) is 0 Å². The molecule has 0 aromatic rings. The van der Waals surface area contributed by atoms with Gasteiger partial charge in [0.1, 0.15) is 91.6 Å². The minimum absolute atomic E-state index is 0.170. The van der Waals surface area contributed by atoms with E-state index in [0.717, 1.165) is 0 Å². The minimum Gasteiger partial charge on any atom is -0.394 e. The van der Waals surface area contributed by atoms with Crippen LogP contribution in [0.5, 0.6) is 0 Å². The molecule has 0 aromatic heterocycles. The number of amides is 1. The van der Waals surface area contributed by atoms with Crippen LogP contribution in [0, 0.1) is 0 Å². The number of carbonyl (C=O) groups excluding carboxylic acids is 1. The molecule has 0 aromatic carbocycles. The molecule has 13 N–H and O–H groups in total. The third kappa shape index (κ3) is 8.54. The number of hydrogen-bond donors (Lipinski definition) is 13. The van der Waals surface area contributed by atoms with E-state index in [1.165, 1.54) is 6.92 Å². The topological polar surface area (TPSA) is 336 Å². The molecule has 4 fully saturated rings. The first kappa shape index (κ1) is 38.5. The first-order chi connectivity index (χ1) is 22.2. The summed E-state index contributed by atoms with van der Waals surface area (Å²) >= 11 is 0. The standard InChI is InChI=1S/C26H45NO20/c1-7(30)27-8-4-41-10(3-29)23(13(8)31)47-26-22(40)19(37)16(34)12(46-26)6-43-25-21(39)18(36)15(33)11(45-25)5-42-24-20(38)17(35)14(32)9(2-28)44-24/h8-26,28-29,31-40H,2-6H2,1H3,(H,27,30)/t8-,9?,10?,11?,12?,13?,14-,15-,16-,17+,18+,19+,20?,21?,22?,23-,24+,25+,26+/m1/s1. The number of carbonyl (C=O) groups is 1. The Bertz CT molecular complexity index is 996. The Labute approximate surface area is 267 Å². The maximum absolute atomic E-state index is 11.5. The molecule has 1 amide bonds. The average molecular weight is 692 g/mol. The number of aliphatic hydroxyl groups is 12. The smallest absolute Gasteiger partial charge is 0.217 e. The highest BCUT2D eigenvalue weighted by atomic mass is 16.7. The largest absolute Gasteiger partial charge is 0.394 e. The van der Waals surface area contributed by atoms with E-state index in [-0.39, 0.29) is 6.61 Å². The van der Waals surface area contributed by atoms with Crippen LogP contribution in [0.15, 0.2) is 0 Å². The summed E-state index contributed by atoms with van der Waals surface area (Å²) in [4.78, 5) is 11.5. The molecular weight excluding hydrogens is 646 g/mol. The minimum atomic E-state index is -1.90. The lowest BCUT2D eigenvalue weighted by Crippen LogP contribution is -2.65. The fraction of sp³-hybridized carbons (Fsp3) is 0.962. The van der Waals surface area contributed by atoms with Gasteiger partial charge in [-0.3, -0.25) is 4.79 Å². The second kappa shape index (κ2) is 16.6. The summed E-state index contributed by atoms with van der Waals surface area (Å²) in [7, 11) is 0. The second-order valence-corrected chi connectivity index (χ2v) is 11.8. The Hall–Kier alpha value is -1.29. The zero-order valence-electron chi connectivity index (χ0n) is 25.1. The zero-order valence-corrected chi connectivity index (χ0v) is 25.1. The highest BCUT2D eigenvalue weighted by molar-refractivity contribution is 5.73. The van der Waals surface area contributed by atoms with Crippen molar-refractivity contribution in [1.29, 1.82) is 0 Å². The van der Waals surface area contributed by atoms with Crippen LogP contribution in [0.3, 0.4) is 0 Å². The second-order valence-electron chi connectivity index (χ2n) is 11.8. The molecule has 0 spiro atoms. The highest BCUT2D eigenvalue weighted by Crippen LogP contribution is 2.30. The summed E-state index contributed by atoms with van der Waals surface area (Å²) < 4.78 is 38.3. The van der Waals surface area contributed by atoms with Gasteiger partial charge in [-0.05, 0) is 0 Å². The highest BCUT2D eigenvalue weighted by Gasteiger charge is 2.51. The van der Waals surface area contributed by atoms with Gasteiger partial charge in [0.15, 0.2) is 18.9 Å². The van der Waals surface area contributed by atoms with Crippen LogP contribution in [0.1, 0.15) is 6.92 Å². The van der Waals surface area contributed by atoms with Crippen molar-refractivity contribution in [3.8, 4) is 0 Å². The Kier molecular flexibility index (Phi) is 13.6. The van der Waals surface area contributed by atoms with E-state index in [2.05, 4.69) is 5.32 Å². The molecule has 4 aliphatic heterocycles. The van der Waals surface area contributed by atoms with Gasteiger partial charge in [0.25, 0.3) is 0 Å². The molecule has 4 heterocycles. The van der Waals surface area contributed by atoms with Crippen molar-refractivity contribution in [3.05, 3.63) is 0 Å². The van der Waals surface area contributed by atoms with Gasteiger partial charge >= 0.3 is 0 Å². The lowest BCUT2D eigenvalue weighted by molar-refractivity contribution is -0.351. The van der Waals surface area contributed by atoms with E-state index >= 15 is 0 Å². The third-order valence-corrected chi connectivity index (χ3v) is 8.50. The van der Waals surface area contributed by atoms with Crippen molar-refractivity contribution in [2.75, 3.05) is 33.0 Å².